The number of nitrogens with zero attached hydrogens (tertiary/aromatic N) is 6. The Labute approximate surface area is 182 Å². The molecule has 1 atom stereocenters. The molecular formula is C23H31N7O. The van der Waals surface area contributed by atoms with Crippen LogP contribution < -0.4 is 10.9 Å². The highest BCUT2D eigenvalue weighted by atomic mass is 16.1. The van der Waals surface area contributed by atoms with Gasteiger partial charge < -0.3 is 5.32 Å². The van der Waals surface area contributed by atoms with Gasteiger partial charge in [-0.15, -0.1) is 0 Å². The minimum absolute atomic E-state index is 0.0406. The van der Waals surface area contributed by atoms with E-state index in [0.717, 1.165) is 43.1 Å². The van der Waals surface area contributed by atoms with Crippen LogP contribution in [-0.2, 0) is 12.0 Å². The highest BCUT2D eigenvalue weighted by Gasteiger charge is 2.23. The highest BCUT2D eigenvalue weighted by Crippen LogP contribution is 2.20. The van der Waals surface area contributed by atoms with Crippen molar-refractivity contribution in [3.05, 3.63) is 52.7 Å². The fraction of sp³-hybridized carbons (Fsp3) is 0.522. The van der Waals surface area contributed by atoms with Gasteiger partial charge in [-0.05, 0) is 37.6 Å². The molecule has 0 amide bonds. The normalized spacial score (nSPS) is 17.7. The van der Waals surface area contributed by atoms with Gasteiger partial charge >= 0.3 is 0 Å². The summed E-state index contributed by atoms with van der Waals surface area (Å²) < 4.78 is 1.61. The zero-order valence-electron chi connectivity index (χ0n) is 18.6. The van der Waals surface area contributed by atoms with Crippen molar-refractivity contribution in [2.24, 2.45) is 0 Å². The van der Waals surface area contributed by atoms with Crippen LogP contribution in [0.1, 0.15) is 45.7 Å². The molecular weight excluding hydrogens is 390 g/mol. The SMILES string of the molecule is CC(C)(C)c1ccc(=O)n(CCN2CCCCC2CNc2ccc3nccnc3n2)n1. The lowest BCUT2D eigenvalue weighted by atomic mass is 9.92. The largest absolute Gasteiger partial charge is 0.368 e. The Bertz CT molecular complexity index is 1090. The molecule has 1 saturated heterocycles. The van der Waals surface area contributed by atoms with E-state index in [0.29, 0.717) is 18.2 Å². The van der Waals surface area contributed by atoms with E-state index in [1.165, 1.54) is 12.8 Å². The average molecular weight is 422 g/mol. The monoisotopic (exact) mass is 421 g/mol. The van der Waals surface area contributed by atoms with Crippen LogP contribution in [0.15, 0.2) is 41.5 Å². The molecule has 4 heterocycles. The number of pyridine rings is 1. The Balaban J connectivity index is 1.40. The van der Waals surface area contributed by atoms with Crippen LogP contribution in [0.2, 0.25) is 0 Å². The summed E-state index contributed by atoms with van der Waals surface area (Å²) in [7, 11) is 0. The van der Waals surface area contributed by atoms with Gasteiger partial charge in [-0.3, -0.25) is 14.7 Å². The van der Waals surface area contributed by atoms with Gasteiger partial charge in [0.2, 0.25) is 0 Å². The number of hydrogen-bond donors (Lipinski definition) is 1. The number of nitrogens with one attached hydrogen (secondary N) is 1. The summed E-state index contributed by atoms with van der Waals surface area (Å²) in [6.45, 7) is 9.60. The zero-order chi connectivity index (χ0) is 21.8. The topological polar surface area (TPSA) is 88.8 Å². The van der Waals surface area contributed by atoms with Crippen LogP contribution in [0.4, 0.5) is 5.82 Å². The zero-order valence-corrected chi connectivity index (χ0v) is 18.6. The fourth-order valence-corrected chi connectivity index (χ4v) is 3.99. The molecule has 1 aliphatic heterocycles. The van der Waals surface area contributed by atoms with Crippen molar-refractivity contribution in [2.45, 2.75) is 58.0 Å². The van der Waals surface area contributed by atoms with E-state index in [4.69, 9.17) is 0 Å². The van der Waals surface area contributed by atoms with Crippen molar-refractivity contribution in [1.82, 2.24) is 29.6 Å². The smallest absolute Gasteiger partial charge is 0.266 e. The van der Waals surface area contributed by atoms with Crippen LogP contribution in [0.5, 0.6) is 0 Å². The van der Waals surface area contributed by atoms with Gasteiger partial charge in [-0.25, -0.2) is 14.6 Å². The summed E-state index contributed by atoms with van der Waals surface area (Å²) in [5.74, 6) is 0.814. The average Bonchev–Trinajstić information content (AvgIpc) is 2.76. The first-order valence-electron chi connectivity index (χ1n) is 11.0. The molecule has 1 aliphatic rings. The number of likely N-dealkylation sites (tertiary alicyclic amines) is 1. The van der Waals surface area contributed by atoms with E-state index in [9.17, 15) is 4.79 Å². The van der Waals surface area contributed by atoms with Crippen molar-refractivity contribution < 1.29 is 0 Å². The summed E-state index contributed by atoms with van der Waals surface area (Å²) >= 11 is 0. The first-order valence-corrected chi connectivity index (χ1v) is 11.0. The molecule has 8 heteroatoms. The molecule has 1 fully saturated rings. The summed E-state index contributed by atoms with van der Waals surface area (Å²) in [5, 5.41) is 8.08. The molecule has 164 valence electrons. The lowest BCUT2D eigenvalue weighted by molar-refractivity contribution is 0.147. The number of piperidine rings is 1. The van der Waals surface area contributed by atoms with Crippen molar-refractivity contribution in [3.63, 3.8) is 0 Å². The number of rotatable bonds is 6. The molecule has 8 nitrogen and oxygen atoms in total. The summed E-state index contributed by atoms with van der Waals surface area (Å²) in [4.78, 5) is 27.9. The third-order valence-electron chi connectivity index (χ3n) is 5.83. The van der Waals surface area contributed by atoms with E-state index >= 15 is 0 Å². The highest BCUT2D eigenvalue weighted by molar-refractivity contribution is 5.71. The van der Waals surface area contributed by atoms with E-state index in [1.54, 1.807) is 23.1 Å². The third kappa shape index (κ3) is 5.25. The summed E-state index contributed by atoms with van der Waals surface area (Å²) in [6.07, 6.45) is 6.87. The molecule has 1 N–H and O–H groups in total. The molecule has 1 unspecified atom stereocenters. The molecule has 0 aliphatic carbocycles. The van der Waals surface area contributed by atoms with Crippen molar-refractivity contribution in [3.8, 4) is 0 Å². The van der Waals surface area contributed by atoms with Gasteiger partial charge in [0.25, 0.3) is 5.56 Å². The van der Waals surface area contributed by atoms with Crippen LogP contribution >= 0.6 is 0 Å². The maximum Gasteiger partial charge on any atom is 0.266 e. The van der Waals surface area contributed by atoms with Crippen molar-refractivity contribution in [1.29, 1.82) is 0 Å². The molecule has 0 aromatic carbocycles. The lowest BCUT2D eigenvalue weighted by Crippen LogP contribution is -2.45. The Morgan fingerprint density at radius 3 is 2.74 bits per heavy atom. The first kappa shape index (κ1) is 21.4. The third-order valence-corrected chi connectivity index (χ3v) is 5.83. The van der Waals surface area contributed by atoms with E-state index in [1.807, 2.05) is 18.2 Å². The van der Waals surface area contributed by atoms with E-state index in [2.05, 4.69) is 51.0 Å². The van der Waals surface area contributed by atoms with E-state index in [-0.39, 0.29) is 11.0 Å². The quantitative estimate of drug-likeness (QED) is 0.655. The Morgan fingerprint density at radius 2 is 1.90 bits per heavy atom. The molecule has 3 aromatic rings. The predicted molar refractivity (Wildman–Crippen MR) is 122 cm³/mol. The number of fused-ring (bicyclic) bond motifs is 1. The molecule has 0 radical (unpaired) electrons. The van der Waals surface area contributed by atoms with Crippen LogP contribution in [0, 0.1) is 0 Å². The van der Waals surface area contributed by atoms with Crippen molar-refractivity contribution in [2.75, 3.05) is 25.0 Å². The molecule has 0 spiro atoms. The maximum absolute atomic E-state index is 12.3. The van der Waals surface area contributed by atoms with Crippen LogP contribution in [0.3, 0.4) is 0 Å². The number of anilines is 1. The second-order valence-electron chi connectivity index (χ2n) is 9.19. The first-order chi connectivity index (χ1) is 14.9. The van der Waals surface area contributed by atoms with Gasteiger partial charge in [0.15, 0.2) is 5.65 Å². The lowest BCUT2D eigenvalue weighted by Gasteiger charge is -2.36. The Kier molecular flexibility index (Phi) is 6.27. The summed E-state index contributed by atoms with van der Waals surface area (Å²) in [6, 6.07) is 7.77. The van der Waals surface area contributed by atoms with Crippen LogP contribution in [0.25, 0.3) is 11.2 Å². The number of hydrogen-bond acceptors (Lipinski definition) is 7. The second-order valence-corrected chi connectivity index (χ2v) is 9.19. The molecule has 31 heavy (non-hydrogen) atoms. The van der Waals surface area contributed by atoms with Gasteiger partial charge in [0, 0.05) is 43.0 Å². The summed E-state index contributed by atoms with van der Waals surface area (Å²) in [5.41, 5.74) is 2.26. The molecule has 3 aromatic heterocycles. The van der Waals surface area contributed by atoms with Gasteiger partial charge in [0.05, 0.1) is 12.2 Å². The Hall–Kier alpha value is -2.87. The van der Waals surface area contributed by atoms with E-state index < -0.39 is 0 Å². The van der Waals surface area contributed by atoms with Crippen LogP contribution in [-0.4, -0.2) is 55.3 Å². The molecule has 0 bridgehead atoms. The second kappa shape index (κ2) is 9.09. The fourth-order valence-electron chi connectivity index (χ4n) is 3.99. The van der Waals surface area contributed by atoms with Gasteiger partial charge in [-0.2, -0.15) is 5.10 Å². The standard InChI is InChI=1S/C23H31N7O/c1-23(2,3)19-8-10-21(31)30(28-19)15-14-29-13-5-4-6-17(29)16-26-20-9-7-18-22(27-20)25-12-11-24-18/h7-12,17H,4-6,13-16H2,1-3H3,(H,25,26,27). The maximum atomic E-state index is 12.3. The van der Waals surface area contributed by atoms with Crippen molar-refractivity contribution >= 4 is 17.0 Å². The van der Waals surface area contributed by atoms with Gasteiger partial charge in [0.1, 0.15) is 11.3 Å². The van der Waals surface area contributed by atoms with Gasteiger partial charge in [-0.1, -0.05) is 27.2 Å². The number of aromatic nitrogens is 5. The minimum Gasteiger partial charge on any atom is -0.368 e. The minimum atomic E-state index is -0.0791. The predicted octanol–water partition coefficient (Wildman–Crippen LogP) is 2.85. The Morgan fingerprint density at radius 1 is 1.06 bits per heavy atom. The molecule has 0 saturated carbocycles. The molecule has 4 rings (SSSR count).